The molecule has 84 heavy (non-hydrogen) atoms. The third-order valence-corrected chi connectivity index (χ3v) is 19.8. The number of fused-ring (bicyclic) bond motifs is 21. The van der Waals surface area contributed by atoms with E-state index in [0.29, 0.717) is 0 Å². The Bertz CT molecular complexity index is 4000. The second-order valence-corrected chi connectivity index (χ2v) is 28.9. The normalized spacial score (nSPS) is 14.6. The van der Waals surface area contributed by atoms with Gasteiger partial charge in [-0.25, -0.2) is 0 Å². The van der Waals surface area contributed by atoms with Gasteiger partial charge in [0.25, 0.3) is 0 Å². The molecule has 0 bridgehead atoms. The zero-order valence-electron chi connectivity index (χ0n) is 50.9. The molecule has 410 valence electrons. The fraction of sp³-hybridized carbons (Fsp3) is 0.214. The Kier molecular flexibility index (Phi) is 11.2. The molecule has 0 saturated heterocycles. The Balaban J connectivity index is 1.07. The van der Waals surface area contributed by atoms with Gasteiger partial charge < -0.3 is 0 Å². The summed E-state index contributed by atoms with van der Waals surface area (Å²) in [5.74, 6) is 0. The zero-order valence-corrected chi connectivity index (χ0v) is 50.9. The number of rotatable bonds is 4. The van der Waals surface area contributed by atoms with Crippen LogP contribution in [0.15, 0.2) is 231 Å². The maximum Gasteiger partial charge on any atom is 0.0729 e. The van der Waals surface area contributed by atoms with E-state index in [-0.39, 0.29) is 21.7 Å². The van der Waals surface area contributed by atoms with Gasteiger partial charge in [-0.1, -0.05) is 289 Å². The Morgan fingerprint density at radius 3 is 0.631 bits per heavy atom. The van der Waals surface area contributed by atoms with Gasteiger partial charge >= 0.3 is 0 Å². The van der Waals surface area contributed by atoms with Crippen molar-refractivity contribution in [2.45, 2.75) is 116 Å². The minimum atomic E-state index is -0.705. The molecule has 0 unspecified atom stereocenters. The fourth-order valence-electron chi connectivity index (χ4n) is 15.3. The largest absolute Gasteiger partial charge is 0.0729 e. The van der Waals surface area contributed by atoms with Crippen LogP contribution in [0.3, 0.4) is 0 Å². The second kappa shape index (κ2) is 18.0. The number of hydrogen-bond acceptors (Lipinski definition) is 0. The first-order valence-corrected chi connectivity index (χ1v) is 30.6. The summed E-state index contributed by atoms with van der Waals surface area (Å²) in [6, 6.07) is 91.2. The van der Waals surface area contributed by atoms with Crippen LogP contribution in [-0.4, -0.2) is 0 Å². The predicted octanol–water partition coefficient (Wildman–Crippen LogP) is 22.2. The van der Waals surface area contributed by atoms with Crippen LogP contribution in [0.1, 0.15) is 150 Å². The van der Waals surface area contributed by atoms with E-state index in [1.807, 2.05) is 0 Å². The summed E-state index contributed by atoms with van der Waals surface area (Å²) in [6.07, 6.45) is 0. The third-order valence-electron chi connectivity index (χ3n) is 19.8. The molecular formula is C84H74. The minimum absolute atomic E-state index is 0.0465. The highest BCUT2D eigenvalue weighted by molar-refractivity contribution is 6.04. The standard InChI is InChI=1S/C84H74/c1-79(2,3)59-33-21-51(22-34-59)55-29-41-65-66-42-30-56(52-23-35-60(36-24-52)80(4,5)6)48-74(66)83(73(65)47-55)71-19-15-13-17-63(71)69-45-46-70-64-18-14-16-20-72(64)84(78(70)77(69)83)75-49-57(53-25-37-61(38-26-53)81(7,8)9)31-43-67(75)68-44-32-58(50-76(68)84)54-27-39-62(40-28-54)82(10,11)12/h13-50H,1-12H3. The SMILES string of the molecule is CC(C)(C)c1ccc(-c2ccc3c(c2)C2(c4cc(-c5ccc(C(C)(C)C)cc5)ccc4-3)c3ccccc3-c3ccc4c(c32)C2(c3cc(-c5ccc(C(C)(C)C)cc5)ccc3-c3ccc(-c5ccc(C(C)(C)C)cc5)cc32)c2ccccc2-4)cc1. The van der Waals surface area contributed by atoms with E-state index in [2.05, 4.69) is 314 Å². The Hall–Kier alpha value is -8.58. The van der Waals surface area contributed by atoms with Crippen molar-refractivity contribution in [3.63, 3.8) is 0 Å². The lowest BCUT2D eigenvalue weighted by Crippen LogP contribution is -2.33. The highest BCUT2D eigenvalue weighted by Gasteiger charge is 2.60. The molecule has 0 radical (unpaired) electrons. The van der Waals surface area contributed by atoms with Gasteiger partial charge in [0.2, 0.25) is 0 Å². The molecule has 0 aromatic heterocycles. The molecule has 4 aliphatic carbocycles. The minimum Gasteiger partial charge on any atom is -0.0619 e. The van der Waals surface area contributed by atoms with Crippen molar-refractivity contribution in [1.29, 1.82) is 0 Å². The second-order valence-electron chi connectivity index (χ2n) is 28.9. The van der Waals surface area contributed by atoms with Gasteiger partial charge in [-0.15, -0.1) is 0 Å². The maximum atomic E-state index is 2.59. The van der Waals surface area contributed by atoms with E-state index in [4.69, 9.17) is 0 Å². The number of hydrogen-bond donors (Lipinski definition) is 0. The first-order chi connectivity index (χ1) is 40.1. The molecule has 11 aromatic rings. The molecule has 0 atom stereocenters. The van der Waals surface area contributed by atoms with Crippen molar-refractivity contribution >= 4 is 0 Å². The van der Waals surface area contributed by atoms with Gasteiger partial charge in [0.05, 0.1) is 10.8 Å². The van der Waals surface area contributed by atoms with Crippen molar-refractivity contribution < 1.29 is 0 Å². The molecule has 0 aliphatic heterocycles. The lowest BCUT2D eigenvalue weighted by molar-refractivity contribution is 0.590. The fourth-order valence-corrected chi connectivity index (χ4v) is 15.3. The van der Waals surface area contributed by atoms with E-state index in [1.54, 1.807) is 0 Å². The van der Waals surface area contributed by atoms with E-state index in [0.717, 1.165) is 0 Å². The first kappa shape index (κ1) is 52.2. The monoisotopic (exact) mass is 1080 g/mol. The van der Waals surface area contributed by atoms with E-state index in [9.17, 15) is 0 Å². The van der Waals surface area contributed by atoms with E-state index in [1.165, 1.54) is 156 Å². The van der Waals surface area contributed by atoms with Gasteiger partial charge in [0, 0.05) is 0 Å². The van der Waals surface area contributed by atoms with Crippen LogP contribution in [0, 0.1) is 0 Å². The van der Waals surface area contributed by atoms with Crippen LogP contribution >= 0.6 is 0 Å². The lowest BCUT2D eigenvalue weighted by Gasteiger charge is -2.38. The average molecular weight is 1080 g/mol. The molecule has 11 aromatic carbocycles. The molecule has 0 N–H and O–H groups in total. The molecule has 0 fully saturated rings. The molecule has 0 saturated carbocycles. The van der Waals surface area contributed by atoms with Crippen molar-refractivity contribution in [3.05, 3.63) is 297 Å². The molecule has 15 rings (SSSR count). The third kappa shape index (κ3) is 7.51. The van der Waals surface area contributed by atoms with Crippen molar-refractivity contribution in [1.82, 2.24) is 0 Å². The summed E-state index contributed by atoms with van der Waals surface area (Å²) < 4.78 is 0. The average Bonchev–Trinajstić information content (AvgIpc) is 1.49. The Labute approximate surface area is 499 Å². The molecule has 0 nitrogen and oxygen atoms in total. The summed E-state index contributed by atoms with van der Waals surface area (Å²) in [4.78, 5) is 0. The first-order valence-electron chi connectivity index (χ1n) is 30.6. The highest BCUT2D eigenvalue weighted by Crippen LogP contribution is 2.71. The van der Waals surface area contributed by atoms with Gasteiger partial charge in [0.1, 0.15) is 0 Å². The van der Waals surface area contributed by atoms with Gasteiger partial charge in [0.15, 0.2) is 0 Å². The smallest absolute Gasteiger partial charge is 0.0619 e. The van der Waals surface area contributed by atoms with Crippen molar-refractivity contribution in [3.8, 4) is 89.0 Å². The van der Waals surface area contributed by atoms with E-state index < -0.39 is 10.8 Å². The van der Waals surface area contributed by atoms with Crippen molar-refractivity contribution in [2.24, 2.45) is 0 Å². The van der Waals surface area contributed by atoms with Crippen LogP contribution in [-0.2, 0) is 32.5 Å². The summed E-state index contributed by atoms with van der Waals surface area (Å²) in [7, 11) is 0. The summed E-state index contributed by atoms with van der Waals surface area (Å²) in [6.45, 7) is 27.7. The quantitative estimate of drug-likeness (QED) is 0.165. The highest BCUT2D eigenvalue weighted by atomic mass is 14.6. The van der Waals surface area contributed by atoms with Crippen LogP contribution in [0.25, 0.3) is 89.0 Å². The summed E-state index contributed by atoms with van der Waals surface area (Å²) in [5, 5.41) is 0. The zero-order chi connectivity index (χ0) is 58.0. The lowest BCUT2D eigenvalue weighted by atomic mass is 9.62. The topological polar surface area (TPSA) is 0 Å². The van der Waals surface area contributed by atoms with E-state index >= 15 is 0 Å². The van der Waals surface area contributed by atoms with Gasteiger partial charge in [-0.2, -0.15) is 0 Å². The summed E-state index contributed by atoms with van der Waals surface area (Å²) >= 11 is 0. The molecular weight excluding hydrogens is 1010 g/mol. The summed E-state index contributed by atoms with van der Waals surface area (Å²) in [5.41, 5.74) is 35.3. The van der Waals surface area contributed by atoms with Crippen LogP contribution in [0.2, 0.25) is 0 Å². The Morgan fingerprint density at radius 1 is 0.190 bits per heavy atom. The predicted molar refractivity (Wildman–Crippen MR) is 356 cm³/mol. The van der Waals surface area contributed by atoms with Crippen LogP contribution in [0.4, 0.5) is 0 Å². The van der Waals surface area contributed by atoms with Gasteiger partial charge in [-0.3, -0.25) is 0 Å². The van der Waals surface area contributed by atoms with Crippen LogP contribution in [0.5, 0.6) is 0 Å². The van der Waals surface area contributed by atoms with Crippen LogP contribution < -0.4 is 0 Å². The molecule has 0 heteroatoms. The van der Waals surface area contributed by atoms with Gasteiger partial charge in [-0.05, 0) is 202 Å². The maximum absolute atomic E-state index is 2.59. The number of benzene rings is 11. The Morgan fingerprint density at radius 2 is 0.393 bits per heavy atom. The molecule has 0 amide bonds. The molecule has 0 heterocycles. The van der Waals surface area contributed by atoms with Crippen molar-refractivity contribution in [2.75, 3.05) is 0 Å². The molecule has 2 spiro atoms. The molecule has 4 aliphatic rings.